The zero-order valence-electron chi connectivity index (χ0n) is 16.2. The Balaban J connectivity index is 1.98. The predicted octanol–water partition coefficient (Wildman–Crippen LogP) is -3.19. The molecule has 0 spiro atoms. The molecule has 1 N–H and O–H groups in total. The number of hydrogen-bond donors (Lipinski definition) is 1. The van der Waals surface area contributed by atoms with Crippen molar-refractivity contribution < 1.29 is 33.4 Å². The van der Waals surface area contributed by atoms with Gasteiger partial charge < -0.3 is 0 Å². The molecule has 0 aromatic heterocycles. The van der Waals surface area contributed by atoms with Crippen LogP contribution in [-0.4, -0.2) is 110 Å². The van der Waals surface area contributed by atoms with Gasteiger partial charge in [0.1, 0.15) is 0 Å². The Labute approximate surface area is 197 Å². The average molecular weight is 828 g/mol. The number of esters is 1. The normalized spacial score (nSPS) is 23.9. The van der Waals surface area contributed by atoms with E-state index in [0.717, 1.165) is 8.48 Å². The third-order valence-electron chi connectivity index (χ3n) is 5.39. The van der Waals surface area contributed by atoms with Gasteiger partial charge in [0.15, 0.2) is 0 Å². The first-order valence-electron chi connectivity index (χ1n) is 9.18. The summed E-state index contributed by atoms with van der Waals surface area (Å²) >= 11 is 1.46. The van der Waals surface area contributed by atoms with E-state index < -0.39 is 24.5 Å². The molecule has 7 nitrogen and oxygen atoms in total. The van der Waals surface area contributed by atoms with Crippen molar-refractivity contribution in [3.05, 3.63) is 52.1 Å². The Hall–Kier alpha value is 0.195. The summed E-state index contributed by atoms with van der Waals surface area (Å²) in [6, 6.07) is 4.98. The topological polar surface area (TPSA) is 93.1 Å². The van der Waals surface area contributed by atoms with Gasteiger partial charge in [0, 0.05) is 0 Å². The van der Waals surface area contributed by atoms with Gasteiger partial charge in [-0.25, -0.2) is 0 Å². The number of ether oxygens (including phenoxy) is 2. The Kier molecular flexibility index (Phi) is 6.39. The van der Waals surface area contributed by atoms with E-state index >= 15 is 0 Å². The van der Waals surface area contributed by atoms with Crippen molar-refractivity contribution in [1.29, 1.82) is 0 Å². The van der Waals surface area contributed by atoms with Crippen molar-refractivity contribution in [2.45, 2.75) is 5.92 Å². The minimum absolute atomic E-state index is 0.0369. The minimum atomic E-state index is -2.21. The van der Waals surface area contributed by atoms with E-state index in [9.17, 15) is 23.9 Å². The Bertz CT molecular complexity index is 1030. The fraction of sp³-hybridized carbons (Fsp3) is 0.235. The number of ketones is 1. The molecule has 1 atom stereocenters. The summed E-state index contributed by atoms with van der Waals surface area (Å²) in [4.78, 5) is 38.3. The van der Waals surface area contributed by atoms with Crippen LogP contribution >= 0.6 is 0 Å². The van der Waals surface area contributed by atoms with Crippen LogP contribution < -0.4 is 3.58 Å². The maximum absolute atomic E-state index is 14.6. The van der Waals surface area contributed by atoms with Crippen molar-refractivity contribution >= 4 is 83.7 Å². The summed E-state index contributed by atoms with van der Waals surface area (Å²) in [5, 5.41) is 9.74. The van der Waals surface area contributed by atoms with E-state index in [1.165, 1.54) is 6.07 Å². The van der Waals surface area contributed by atoms with Gasteiger partial charge in [-0.05, 0) is 0 Å². The molecule has 3 aliphatic rings. The molecule has 0 bridgehead atoms. The summed E-state index contributed by atoms with van der Waals surface area (Å²) in [7, 11) is 0. The SMILES string of the molecule is O=C1COCC2=C1[C@H](c1ccc(F)[c]([Sn]([SnH3])([SnH3])[SnH3])c1)C1=C(COC1=O)N2C(=O)O. The molecule has 1 amide bonds. The van der Waals surface area contributed by atoms with Crippen molar-refractivity contribution in [2.24, 2.45) is 0 Å². The van der Waals surface area contributed by atoms with Gasteiger partial charge in [-0.15, -0.1) is 0 Å². The van der Waals surface area contributed by atoms with Crippen LogP contribution in [0.2, 0.25) is 0 Å². The molecular weight excluding hydrogens is 808 g/mol. The van der Waals surface area contributed by atoms with Crippen LogP contribution in [0.25, 0.3) is 0 Å². The van der Waals surface area contributed by atoms with Crippen molar-refractivity contribution in [1.82, 2.24) is 4.90 Å². The van der Waals surface area contributed by atoms with Crippen LogP contribution in [0.1, 0.15) is 11.5 Å². The van der Waals surface area contributed by atoms with Crippen LogP contribution in [-0.2, 0) is 19.1 Å². The molecule has 152 valence electrons. The van der Waals surface area contributed by atoms with Gasteiger partial charge >= 0.3 is 200 Å². The zero-order valence-corrected chi connectivity index (χ0v) is 36.2. The number of amides is 1. The van der Waals surface area contributed by atoms with Gasteiger partial charge in [0.05, 0.1) is 0 Å². The van der Waals surface area contributed by atoms with Crippen LogP contribution in [0.15, 0.2) is 40.7 Å². The number of hydrogen-bond acceptors (Lipinski definition) is 5. The van der Waals surface area contributed by atoms with E-state index in [0.29, 0.717) is 61.3 Å². The quantitative estimate of drug-likeness (QED) is 0.250. The van der Waals surface area contributed by atoms with Crippen LogP contribution in [0.3, 0.4) is 0 Å². The molecule has 3 heterocycles. The molecule has 1 aromatic rings. The fourth-order valence-electron chi connectivity index (χ4n) is 4.11. The van der Waals surface area contributed by atoms with E-state index in [4.69, 9.17) is 9.47 Å². The summed E-state index contributed by atoms with van der Waals surface area (Å²) in [5.74, 6) is -1.84. The Morgan fingerprint density at radius 3 is 2.48 bits per heavy atom. The van der Waals surface area contributed by atoms with Gasteiger partial charge in [-0.3, -0.25) is 0 Å². The van der Waals surface area contributed by atoms with E-state index in [1.807, 2.05) is 6.07 Å². The van der Waals surface area contributed by atoms with Gasteiger partial charge in [0.25, 0.3) is 0 Å². The second kappa shape index (κ2) is 8.28. The Morgan fingerprint density at radius 1 is 1.14 bits per heavy atom. The molecule has 3 aliphatic heterocycles. The first-order valence-corrected chi connectivity index (χ1v) is 76.6. The summed E-state index contributed by atoms with van der Waals surface area (Å²) in [5.41, 5.74) is 1.59. The van der Waals surface area contributed by atoms with Crippen molar-refractivity contribution in [3.63, 3.8) is 0 Å². The van der Waals surface area contributed by atoms with Gasteiger partial charge in [-0.2, -0.15) is 0 Å². The standard InChI is InChI=1S/C17H11FNO6.4Sn.9H/c18-9-3-1-8(2-4-9)13-14-10(5-24-7-12(14)20)19(17(22)23)11-6-25-16(21)15(11)13;;;;;;;;;;;;;/h1-3,13H,5-7H2,(H,22,23);;;;;;;;;;;;;/t13-;;;;;;;;;;;;;/m0............./s1. The molecular formula is C17H20FNO6Sn4. The number of Topliss-reactive ketones (excluding diaryl/α,β-unsaturated/α-hetero) is 1. The summed E-state index contributed by atoms with van der Waals surface area (Å²) in [6.07, 6.45) is -1.29. The number of carboxylic acid groups (broad SMARTS) is 1. The first-order chi connectivity index (χ1) is 13.6. The Morgan fingerprint density at radius 2 is 1.83 bits per heavy atom. The molecule has 0 aliphatic carbocycles. The molecule has 29 heavy (non-hydrogen) atoms. The zero-order chi connectivity index (χ0) is 21.1. The first kappa shape index (κ1) is 22.4. The maximum atomic E-state index is 14.6. The third kappa shape index (κ3) is 3.93. The average Bonchev–Trinajstić information content (AvgIpc) is 3.01. The van der Waals surface area contributed by atoms with Crippen LogP contribution in [0, 0.1) is 5.82 Å². The molecule has 0 radical (unpaired) electrons. The van der Waals surface area contributed by atoms with Crippen LogP contribution in [0.4, 0.5) is 9.18 Å². The molecule has 0 fully saturated rings. The van der Waals surface area contributed by atoms with Crippen LogP contribution in [0.5, 0.6) is 0 Å². The number of benzene rings is 1. The molecule has 4 rings (SSSR count). The van der Waals surface area contributed by atoms with Gasteiger partial charge in [-0.1, -0.05) is 0 Å². The molecule has 0 saturated carbocycles. The number of halogens is 1. The third-order valence-corrected chi connectivity index (χ3v) is 42.0. The summed E-state index contributed by atoms with van der Waals surface area (Å²) < 4.78 is 26.0. The molecule has 0 saturated heterocycles. The summed E-state index contributed by atoms with van der Waals surface area (Å²) in [6.45, 7) is -2.59. The predicted molar refractivity (Wildman–Crippen MR) is 115 cm³/mol. The number of rotatable bonds is 2. The molecule has 0 unspecified atom stereocenters. The second-order valence-electron chi connectivity index (χ2n) is 8.25. The fourth-order valence-corrected chi connectivity index (χ4v) is 30.1. The molecule has 12 heteroatoms. The van der Waals surface area contributed by atoms with Crippen molar-refractivity contribution in [2.75, 3.05) is 19.8 Å². The molecule has 1 aromatic carbocycles. The van der Waals surface area contributed by atoms with E-state index in [1.54, 1.807) is 6.07 Å². The van der Waals surface area contributed by atoms with Crippen molar-refractivity contribution in [3.8, 4) is 0 Å². The number of nitrogens with zero attached hydrogens (tertiary/aromatic N) is 1. The van der Waals surface area contributed by atoms with E-state index in [-0.39, 0.29) is 54.0 Å². The van der Waals surface area contributed by atoms with Gasteiger partial charge in [0.2, 0.25) is 0 Å². The number of carbonyl (C=O) groups is 3. The van der Waals surface area contributed by atoms with E-state index in [2.05, 4.69) is 0 Å². The number of carbonyl (C=O) groups excluding carboxylic acids is 2. The number of cyclic esters (lactones) is 1. The second-order valence-corrected chi connectivity index (χ2v) is 494. The monoisotopic (exact) mass is 833 g/mol.